The van der Waals surface area contributed by atoms with Crippen molar-refractivity contribution in [3.63, 3.8) is 0 Å². The third kappa shape index (κ3) is 6.84. The molecule has 2 amide bonds. The first-order chi connectivity index (χ1) is 15.8. The van der Waals surface area contributed by atoms with E-state index in [1.54, 1.807) is 24.3 Å². The summed E-state index contributed by atoms with van der Waals surface area (Å²) >= 11 is 18.4. The van der Waals surface area contributed by atoms with Gasteiger partial charge in [-0.05, 0) is 49.1 Å². The quantitative estimate of drug-likeness (QED) is 0.433. The molecular formula is C25H28Cl3FN2O2. The Bertz CT molecular complexity index is 975. The summed E-state index contributed by atoms with van der Waals surface area (Å²) in [6.45, 7) is 1.99. The number of halogens is 4. The van der Waals surface area contributed by atoms with Crippen LogP contribution in [0.1, 0.15) is 56.6 Å². The van der Waals surface area contributed by atoms with Gasteiger partial charge in [-0.1, -0.05) is 73.1 Å². The van der Waals surface area contributed by atoms with Crippen molar-refractivity contribution >= 4 is 46.6 Å². The van der Waals surface area contributed by atoms with Gasteiger partial charge in [-0.3, -0.25) is 9.59 Å². The first-order valence-corrected chi connectivity index (χ1v) is 12.4. The Hall–Kier alpha value is -1.82. The molecule has 4 nitrogen and oxygen atoms in total. The van der Waals surface area contributed by atoms with Crippen molar-refractivity contribution in [3.05, 3.63) is 68.4 Å². The van der Waals surface area contributed by atoms with Crippen molar-refractivity contribution in [1.29, 1.82) is 0 Å². The lowest BCUT2D eigenvalue weighted by molar-refractivity contribution is -0.141. The van der Waals surface area contributed by atoms with E-state index >= 15 is 0 Å². The highest BCUT2D eigenvalue weighted by Crippen LogP contribution is 2.26. The van der Waals surface area contributed by atoms with Crippen LogP contribution in [0, 0.1) is 5.82 Å². The normalized spacial score (nSPS) is 15.2. The van der Waals surface area contributed by atoms with E-state index in [2.05, 4.69) is 5.32 Å². The molecule has 0 heterocycles. The maximum absolute atomic E-state index is 14.4. The first-order valence-electron chi connectivity index (χ1n) is 11.3. The van der Waals surface area contributed by atoms with E-state index in [9.17, 15) is 14.0 Å². The lowest BCUT2D eigenvalue weighted by Gasteiger charge is -2.33. The van der Waals surface area contributed by atoms with E-state index in [1.165, 1.54) is 23.5 Å². The predicted molar refractivity (Wildman–Crippen MR) is 131 cm³/mol. The molecule has 1 saturated carbocycles. The van der Waals surface area contributed by atoms with Crippen molar-refractivity contribution in [3.8, 4) is 0 Å². The maximum atomic E-state index is 14.4. The Morgan fingerprint density at radius 1 is 1.06 bits per heavy atom. The van der Waals surface area contributed by atoms with Gasteiger partial charge < -0.3 is 10.2 Å². The van der Waals surface area contributed by atoms with Gasteiger partial charge in [0.15, 0.2) is 0 Å². The fourth-order valence-corrected chi connectivity index (χ4v) is 4.80. The average Bonchev–Trinajstić information content (AvgIpc) is 2.79. The zero-order valence-electron chi connectivity index (χ0n) is 18.6. The Morgan fingerprint density at radius 2 is 1.79 bits per heavy atom. The summed E-state index contributed by atoms with van der Waals surface area (Å²) in [4.78, 5) is 28.2. The number of hydrogen-bond acceptors (Lipinski definition) is 2. The number of amides is 2. The highest BCUT2D eigenvalue weighted by Gasteiger charge is 2.31. The molecule has 0 unspecified atom stereocenters. The zero-order valence-corrected chi connectivity index (χ0v) is 20.8. The van der Waals surface area contributed by atoms with Crippen molar-refractivity contribution in [2.75, 3.05) is 0 Å². The van der Waals surface area contributed by atoms with E-state index in [0.29, 0.717) is 16.5 Å². The second kappa shape index (κ2) is 12.0. The fraction of sp³-hybridized carbons (Fsp3) is 0.440. The van der Waals surface area contributed by atoms with Gasteiger partial charge in [0.2, 0.25) is 11.8 Å². The number of nitrogens with one attached hydrogen (secondary N) is 1. The fourth-order valence-electron chi connectivity index (χ4n) is 4.25. The molecular weight excluding hydrogens is 486 g/mol. The van der Waals surface area contributed by atoms with Crippen molar-refractivity contribution in [2.45, 2.75) is 70.5 Å². The van der Waals surface area contributed by atoms with E-state index < -0.39 is 17.8 Å². The molecule has 2 aromatic carbocycles. The summed E-state index contributed by atoms with van der Waals surface area (Å²) in [7, 11) is 0. The van der Waals surface area contributed by atoms with Gasteiger partial charge in [0.25, 0.3) is 0 Å². The van der Waals surface area contributed by atoms with Crippen LogP contribution in [0.5, 0.6) is 0 Å². The van der Waals surface area contributed by atoms with Crippen molar-refractivity contribution in [1.82, 2.24) is 10.2 Å². The third-order valence-electron chi connectivity index (χ3n) is 6.06. The van der Waals surface area contributed by atoms with Crippen molar-refractivity contribution in [2.24, 2.45) is 0 Å². The van der Waals surface area contributed by atoms with Crippen LogP contribution < -0.4 is 5.32 Å². The van der Waals surface area contributed by atoms with Crippen LogP contribution in [0.15, 0.2) is 36.4 Å². The number of carbonyl (C=O) groups is 2. The highest BCUT2D eigenvalue weighted by molar-refractivity contribution is 6.42. The SMILES string of the molecule is CC[C@@H](C(=O)NC1CCCCC1)N(Cc1ccc(Cl)c(Cl)c1)C(=O)Cc1c(F)cccc1Cl. The Labute approximate surface area is 209 Å². The van der Waals surface area contributed by atoms with Gasteiger partial charge >= 0.3 is 0 Å². The first kappa shape index (κ1) is 25.8. The summed E-state index contributed by atoms with van der Waals surface area (Å²) in [5.74, 6) is -1.14. The molecule has 0 aromatic heterocycles. The zero-order chi connectivity index (χ0) is 24.0. The van der Waals surface area contributed by atoms with Crippen LogP contribution in [0.4, 0.5) is 4.39 Å². The summed E-state index contributed by atoms with van der Waals surface area (Å²) < 4.78 is 14.4. The number of rotatable bonds is 8. The summed E-state index contributed by atoms with van der Waals surface area (Å²) in [5, 5.41) is 4.06. The van der Waals surface area contributed by atoms with Crippen LogP contribution in [0.2, 0.25) is 15.1 Å². The molecule has 1 fully saturated rings. The number of carbonyl (C=O) groups excluding carboxylic acids is 2. The lowest BCUT2D eigenvalue weighted by atomic mass is 9.95. The Balaban J connectivity index is 1.87. The summed E-state index contributed by atoms with van der Waals surface area (Å²) in [6, 6.07) is 8.80. The molecule has 178 valence electrons. The molecule has 0 saturated heterocycles. The van der Waals surface area contributed by atoms with Gasteiger partial charge in [-0.25, -0.2) is 4.39 Å². The molecule has 1 N–H and O–H groups in total. The predicted octanol–water partition coefficient (Wildman–Crippen LogP) is 6.58. The molecule has 2 aromatic rings. The molecule has 8 heteroatoms. The number of benzene rings is 2. The minimum Gasteiger partial charge on any atom is -0.352 e. The standard InChI is InChI=1S/C25H28Cl3FN2O2/c1-2-23(25(33)30-17-7-4-3-5-8-17)31(15-16-11-12-20(27)21(28)13-16)24(32)14-18-19(26)9-6-10-22(18)29/h6,9-13,17,23H,2-5,7-8,14-15H2,1H3,(H,30,33)/t23-/m0/s1. The van der Waals surface area contributed by atoms with E-state index in [4.69, 9.17) is 34.8 Å². The van der Waals surface area contributed by atoms with Gasteiger partial charge in [-0.15, -0.1) is 0 Å². The van der Waals surface area contributed by atoms with Gasteiger partial charge in [0.1, 0.15) is 11.9 Å². The van der Waals surface area contributed by atoms with Crippen LogP contribution in [0.3, 0.4) is 0 Å². The maximum Gasteiger partial charge on any atom is 0.243 e. The Morgan fingerprint density at radius 3 is 2.42 bits per heavy atom. The monoisotopic (exact) mass is 512 g/mol. The molecule has 1 aliphatic rings. The minimum atomic E-state index is -0.709. The Kier molecular flexibility index (Phi) is 9.42. The van der Waals surface area contributed by atoms with Crippen LogP contribution in [0.25, 0.3) is 0 Å². The van der Waals surface area contributed by atoms with Crippen molar-refractivity contribution < 1.29 is 14.0 Å². The minimum absolute atomic E-state index is 0.114. The van der Waals surface area contributed by atoms with Crippen LogP contribution >= 0.6 is 34.8 Å². The summed E-state index contributed by atoms with van der Waals surface area (Å²) in [5.41, 5.74) is 0.840. The average molecular weight is 514 g/mol. The van der Waals surface area contributed by atoms with Gasteiger partial charge in [-0.2, -0.15) is 0 Å². The number of nitrogens with zero attached hydrogens (tertiary/aromatic N) is 1. The largest absolute Gasteiger partial charge is 0.352 e. The summed E-state index contributed by atoms with van der Waals surface area (Å²) in [6.07, 6.45) is 5.38. The molecule has 3 rings (SSSR count). The van der Waals surface area contributed by atoms with E-state index in [-0.39, 0.29) is 35.5 Å². The second-order valence-corrected chi connectivity index (χ2v) is 9.64. The third-order valence-corrected chi connectivity index (χ3v) is 7.16. The van der Waals surface area contributed by atoms with Gasteiger partial charge in [0.05, 0.1) is 16.5 Å². The van der Waals surface area contributed by atoms with Crippen LogP contribution in [-0.2, 0) is 22.6 Å². The highest BCUT2D eigenvalue weighted by atomic mass is 35.5. The molecule has 0 radical (unpaired) electrons. The smallest absolute Gasteiger partial charge is 0.243 e. The molecule has 0 aliphatic heterocycles. The topological polar surface area (TPSA) is 49.4 Å². The van der Waals surface area contributed by atoms with E-state index in [0.717, 1.165) is 31.2 Å². The molecule has 0 spiro atoms. The molecule has 1 atom stereocenters. The molecule has 1 aliphatic carbocycles. The molecule has 0 bridgehead atoms. The van der Waals surface area contributed by atoms with Gasteiger partial charge in [0, 0.05) is 23.2 Å². The lowest BCUT2D eigenvalue weighted by Crippen LogP contribution is -2.52. The van der Waals surface area contributed by atoms with E-state index in [1.807, 2.05) is 6.92 Å². The van der Waals surface area contributed by atoms with Crippen LogP contribution in [-0.4, -0.2) is 28.8 Å². The number of hydrogen-bond donors (Lipinski definition) is 1. The second-order valence-electron chi connectivity index (χ2n) is 8.41. The molecule has 33 heavy (non-hydrogen) atoms.